The van der Waals surface area contributed by atoms with Crippen molar-refractivity contribution < 1.29 is 17.9 Å². The fraction of sp³-hybridized carbons (Fsp3) is 0.520. The van der Waals surface area contributed by atoms with E-state index in [1.54, 1.807) is 11.0 Å². The predicted octanol–water partition coefficient (Wildman–Crippen LogP) is 4.62. The van der Waals surface area contributed by atoms with Crippen LogP contribution in [0.15, 0.2) is 34.5 Å². The van der Waals surface area contributed by atoms with E-state index in [0.29, 0.717) is 29.0 Å². The minimum atomic E-state index is -3.84. The molecule has 0 N–H and O–H groups in total. The number of aryl methyl sites for hydroxylation is 1. The maximum atomic E-state index is 14.1. The molecular formula is C25H31ClN4O4S3. The molecule has 3 aromatic rings. The molecule has 0 spiro atoms. The van der Waals surface area contributed by atoms with Gasteiger partial charge < -0.3 is 4.74 Å². The van der Waals surface area contributed by atoms with Crippen molar-refractivity contribution in [3.05, 3.63) is 40.2 Å². The summed E-state index contributed by atoms with van der Waals surface area (Å²) < 4.78 is 35.5. The van der Waals surface area contributed by atoms with Crippen molar-refractivity contribution in [2.75, 3.05) is 50.8 Å². The van der Waals surface area contributed by atoms with Crippen molar-refractivity contribution in [2.24, 2.45) is 0 Å². The molecule has 2 fully saturated rings. The normalized spacial score (nSPS) is 19.9. The maximum absolute atomic E-state index is 14.1. The number of piperidine rings is 1. The van der Waals surface area contributed by atoms with Gasteiger partial charge in [0.15, 0.2) is 5.13 Å². The summed E-state index contributed by atoms with van der Waals surface area (Å²) in [5.74, 6) is -0.205. The van der Waals surface area contributed by atoms with Gasteiger partial charge in [0.25, 0.3) is 10.0 Å². The number of hydrogen-bond donors (Lipinski definition) is 0. The lowest BCUT2D eigenvalue weighted by molar-refractivity contribution is -0.123. The zero-order valence-corrected chi connectivity index (χ0v) is 24.0. The number of sulfonamides is 1. The Hall–Kier alpha value is -1.60. The molecule has 2 saturated heterocycles. The number of fused-ring (bicyclic) bond motifs is 1. The van der Waals surface area contributed by atoms with Crippen LogP contribution in [0.5, 0.6) is 0 Å². The molecule has 0 aliphatic carbocycles. The van der Waals surface area contributed by atoms with Crippen LogP contribution in [0.1, 0.15) is 31.2 Å². The van der Waals surface area contributed by atoms with Gasteiger partial charge in [-0.2, -0.15) is 4.31 Å². The first kappa shape index (κ1) is 27.0. The summed E-state index contributed by atoms with van der Waals surface area (Å²) in [6.45, 7) is 6.88. The third-order valence-electron chi connectivity index (χ3n) is 6.84. The summed E-state index contributed by atoms with van der Waals surface area (Å²) in [6, 6.07) is 8.40. The smallest absolute Gasteiger partial charge is 0.253 e. The number of aromatic nitrogens is 1. The summed E-state index contributed by atoms with van der Waals surface area (Å²) in [6.07, 6.45) is 2.77. The van der Waals surface area contributed by atoms with E-state index in [2.05, 4.69) is 11.0 Å². The van der Waals surface area contributed by atoms with Gasteiger partial charge in [0.1, 0.15) is 10.3 Å². The third kappa shape index (κ3) is 6.03. The SMILES string of the molecule is Cc1ccc2nc(N(CCCN3CCOCC3)C(=O)C3CCCCN3S(=O)(=O)c3ccc(Cl)s3)sc2c1. The van der Waals surface area contributed by atoms with Crippen molar-refractivity contribution in [3.8, 4) is 0 Å². The fourth-order valence-corrected chi connectivity index (χ4v) is 9.24. The highest BCUT2D eigenvalue weighted by atomic mass is 35.5. The fourth-order valence-electron chi connectivity index (χ4n) is 4.88. The predicted molar refractivity (Wildman–Crippen MR) is 149 cm³/mol. The Morgan fingerprint density at radius 1 is 1.16 bits per heavy atom. The molecule has 1 amide bonds. The maximum Gasteiger partial charge on any atom is 0.253 e. The van der Waals surface area contributed by atoms with Crippen LogP contribution in [0, 0.1) is 6.92 Å². The number of anilines is 1. The van der Waals surface area contributed by atoms with Crippen molar-refractivity contribution in [3.63, 3.8) is 0 Å². The van der Waals surface area contributed by atoms with E-state index in [1.165, 1.54) is 21.7 Å². The minimum Gasteiger partial charge on any atom is -0.379 e. The number of halogens is 1. The van der Waals surface area contributed by atoms with E-state index in [-0.39, 0.29) is 10.1 Å². The second-order valence-electron chi connectivity index (χ2n) is 9.45. The molecule has 1 unspecified atom stereocenters. The van der Waals surface area contributed by atoms with Gasteiger partial charge >= 0.3 is 0 Å². The highest BCUT2D eigenvalue weighted by Crippen LogP contribution is 2.35. The number of benzene rings is 1. The van der Waals surface area contributed by atoms with Crippen molar-refractivity contribution >= 4 is 65.6 Å². The Morgan fingerprint density at radius 2 is 1.97 bits per heavy atom. The highest BCUT2D eigenvalue weighted by Gasteiger charge is 2.41. The Morgan fingerprint density at radius 3 is 2.73 bits per heavy atom. The summed E-state index contributed by atoms with van der Waals surface area (Å²) in [7, 11) is -3.84. The second kappa shape index (κ2) is 11.6. The minimum absolute atomic E-state index is 0.173. The van der Waals surface area contributed by atoms with Gasteiger partial charge in [-0.05, 0) is 56.0 Å². The van der Waals surface area contributed by atoms with Gasteiger partial charge in [-0.3, -0.25) is 14.6 Å². The quantitative estimate of drug-likeness (QED) is 0.385. The largest absolute Gasteiger partial charge is 0.379 e. The number of nitrogens with zero attached hydrogens (tertiary/aromatic N) is 4. The number of carbonyl (C=O) groups is 1. The van der Waals surface area contributed by atoms with Crippen molar-refractivity contribution in [1.82, 2.24) is 14.2 Å². The zero-order chi connectivity index (χ0) is 26.0. The Bertz CT molecular complexity index is 1350. The lowest BCUT2D eigenvalue weighted by Crippen LogP contribution is -2.53. The number of carbonyl (C=O) groups excluding carboxylic acids is 1. The van der Waals surface area contributed by atoms with Crippen LogP contribution < -0.4 is 4.90 Å². The molecule has 1 atom stereocenters. The third-order valence-corrected chi connectivity index (χ3v) is 11.5. The van der Waals surface area contributed by atoms with Crippen molar-refractivity contribution in [2.45, 2.75) is 42.9 Å². The van der Waals surface area contributed by atoms with Crippen LogP contribution >= 0.6 is 34.3 Å². The number of thiophene rings is 1. The standard InChI is InChI=1S/C25H31ClN4O4S3/c1-18-6-7-19-21(17-18)35-25(27-19)29(11-4-10-28-13-15-34-16-14-28)24(31)20-5-2-3-12-30(20)37(32,33)23-9-8-22(26)36-23/h6-9,17,20H,2-5,10-16H2,1H3. The molecule has 5 rings (SSSR count). The van der Waals surface area contributed by atoms with Gasteiger partial charge in [-0.25, -0.2) is 13.4 Å². The number of ether oxygens (including phenoxy) is 1. The molecule has 0 bridgehead atoms. The lowest BCUT2D eigenvalue weighted by Gasteiger charge is -2.36. The lowest BCUT2D eigenvalue weighted by atomic mass is 10.0. The molecule has 12 heteroatoms. The summed E-state index contributed by atoms with van der Waals surface area (Å²) in [5.41, 5.74) is 1.98. The molecular weight excluding hydrogens is 552 g/mol. The van der Waals surface area contributed by atoms with E-state index >= 15 is 0 Å². The Kier molecular flexibility index (Phi) is 8.49. The molecule has 2 aromatic heterocycles. The average molecular weight is 583 g/mol. The van der Waals surface area contributed by atoms with Gasteiger partial charge in [-0.15, -0.1) is 11.3 Å². The molecule has 0 saturated carbocycles. The van der Waals surface area contributed by atoms with Gasteiger partial charge in [0.05, 0.1) is 27.8 Å². The van der Waals surface area contributed by atoms with Gasteiger partial charge in [0, 0.05) is 32.7 Å². The van der Waals surface area contributed by atoms with Crippen LogP contribution in [0.25, 0.3) is 10.2 Å². The first-order chi connectivity index (χ1) is 17.8. The average Bonchev–Trinajstić information content (AvgIpc) is 3.53. The summed E-state index contributed by atoms with van der Waals surface area (Å²) in [4.78, 5) is 23.0. The molecule has 37 heavy (non-hydrogen) atoms. The molecule has 0 radical (unpaired) electrons. The first-order valence-electron chi connectivity index (χ1n) is 12.6. The van der Waals surface area contributed by atoms with Crippen LogP contribution in [0.4, 0.5) is 5.13 Å². The number of morpholine rings is 1. The molecule has 2 aliphatic rings. The van der Waals surface area contributed by atoms with Gasteiger partial charge in [-0.1, -0.05) is 35.4 Å². The van der Waals surface area contributed by atoms with E-state index in [4.69, 9.17) is 21.3 Å². The van der Waals surface area contributed by atoms with Crippen molar-refractivity contribution in [1.29, 1.82) is 0 Å². The van der Waals surface area contributed by atoms with Crippen LogP contribution in [0.3, 0.4) is 0 Å². The van der Waals surface area contributed by atoms with E-state index < -0.39 is 16.1 Å². The zero-order valence-electron chi connectivity index (χ0n) is 20.8. The number of thiazole rings is 1. The van der Waals surface area contributed by atoms with E-state index in [0.717, 1.165) is 79.2 Å². The second-order valence-corrected chi connectivity index (χ2v) is 14.3. The molecule has 2 aliphatic heterocycles. The van der Waals surface area contributed by atoms with E-state index in [9.17, 15) is 13.2 Å². The topological polar surface area (TPSA) is 83.1 Å². The van der Waals surface area contributed by atoms with Crippen LogP contribution in [-0.2, 0) is 19.6 Å². The number of rotatable bonds is 8. The highest BCUT2D eigenvalue weighted by molar-refractivity contribution is 7.91. The Balaban J connectivity index is 1.43. The van der Waals surface area contributed by atoms with Crippen LogP contribution in [-0.4, -0.2) is 80.5 Å². The monoisotopic (exact) mass is 582 g/mol. The molecule has 200 valence electrons. The first-order valence-corrected chi connectivity index (χ1v) is 16.0. The number of amides is 1. The molecule has 8 nitrogen and oxygen atoms in total. The molecule has 1 aromatic carbocycles. The summed E-state index contributed by atoms with van der Waals surface area (Å²) in [5, 5.41) is 0.620. The van der Waals surface area contributed by atoms with Crippen LogP contribution in [0.2, 0.25) is 4.34 Å². The van der Waals surface area contributed by atoms with E-state index in [1.807, 2.05) is 19.1 Å². The summed E-state index contributed by atoms with van der Waals surface area (Å²) >= 11 is 8.56. The number of hydrogen-bond acceptors (Lipinski definition) is 8. The van der Waals surface area contributed by atoms with Gasteiger partial charge in [0.2, 0.25) is 5.91 Å². The molecule has 4 heterocycles. The Labute approximate surface area is 230 Å².